The van der Waals surface area contributed by atoms with Crippen LogP contribution in [0.2, 0.25) is 0 Å². The van der Waals surface area contributed by atoms with Crippen LogP contribution in [-0.2, 0) is 22.4 Å². The predicted octanol–water partition coefficient (Wildman–Crippen LogP) is 1.79. The van der Waals surface area contributed by atoms with Crippen LogP contribution >= 0.6 is 22.7 Å². The summed E-state index contributed by atoms with van der Waals surface area (Å²) in [6, 6.07) is 4.90. The Morgan fingerprint density at radius 1 is 0.967 bits per heavy atom. The number of thiazole rings is 2. The van der Waals surface area contributed by atoms with Crippen molar-refractivity contribution in [2.24, 2.45) is 5.73 Å². The molecule has 0 saturated carbocycles. The number of fused-ring (bicyclic) bond motifs is 1. The zero-order valence-electron chi connectivity index (χ0n) is 15.3. The summed E-state index contributed by atoms with van der Waals surface area (Å²) in [5.41, 5.74) is 6.54. The van der Waals surface area contributed by atoms with E-state index in [9.17, 15) is 14.4 Å². The zero-order valence-corrected chi connectivity index (χ0v) is 17.0. The summed E-state index contributed by atoms with van der Waals surface area (Å²) in [6.07, 6.45) is 0.0337. The number of hydrogen-bond acceptors (Lipinski definition) is 9. The second kappa shape index (κ2) is 8.47. The first-order valence-electron chi connectivity index (χ1n) is 8.64. The van der Waals surface area contributed by atoms with Gasteiger partial charge in [-0.3, -0.25) is 19.7 Å². The van der Waals surface area contributed by atoms with E-state index in [4.69, 9.17) is 15.2 Å². The van der Waals surface area contributed by atoms with Crippen molar-refractivity contribution in [2.45, 2.75) is 12.8 Å². The number of carbonyl (C=O) groups is 3. The normalized spacial score (nSPS) is 11.9. The van der Waals surface area contributed by atoms with E-state index in [1.807, 2.05) is 0 Å². The first-order valence-corrected chi connectivity index (χ1v) is 10.4. The maximum absolute atomic E-state index is 12.4. The van der Waals surface area contributed by atoms with E-state index in [0.29, 0.717) is 38.7 Å². The molecule has 0 unspecified atom stereocenters. The zero-order chi connectivity index (χ0) is 21.1. The Balaban J connectivity index is 1.32. The molecular weight excluding hydrogens is 430 g/mol. The van der Waals surface area contributed by atoms with Gasteiger partial charge in [-0.15, -0.1) is 22.7 Å². The third-order valence-electron chi connectivity index (χ3n) is 3.90. The molecule has 30 heavy (non-hydrogen) atoms. The fourth-order valence-corrected chi connectivity index (χ4v) is 4.04. The standard InChI is InChI=1S/C18H15N5O5S2/c19-14(24)4-10-6-29-17(20-10)22-15(25)5-11-7-30-18(21-11)23-16(26)9-1-2-12-13(3-9)28-8-27-12/h1-3,6-7H,4-5,8H2,(H2,19,24)(H,20,22,25)(H,21,23,26). The van der Waals surface area contributed by atoms with Gasteiger partial charge in [0.25, 0.3) is 5.91 Å². The number of aromatic nitrogens is 2. The number of anilines is 2. The Morgan fingerprint density at radius 3 is 2.37 bits per heavy atom. The second-order valence-electron chi connectivity index (χ2n) is 6.18. The lowest BCUT2D eigenvalue weighted by Gasteiger charge is -2.03. The molecule has 10 nitrogen and oxygen atoms in total. The number of nitrogens with two attached hydrogens (primary N) is 1. The van der Waals surface area contributed by atoms with Crippen LogP contribution < -0.4 is 25.8 Å². The topological polar surface area (TPSA) is 146 Å². The Hall–Kier alpha value is -3.51. The Labute approximate surface area is 178 Å². The molecule has 2 aromatic heterocycles. The van der Waals surface area contributed by atoms with Crippen molar-refractivity contribution in [3.05, 3.63) is 45.9 Å². The van der Waals surface area contributed by atoms with Crippen molar-refractivity contribution >= 4 is 50.7 Å². The number of primary amides is 1. The highest BCUT2D eigenvalue weighted by Gasteiger charge is 2.17. The molecule has 0 spiro atoms. The molecule has 0 aliphatic carbocycles. The molecule has 0 atom stereocenters. The van der Waals surface area contributed by atoms with Gasteiger partial charge in [-0.25, -0.2) is 9.97 Å². The molecule has 0 saturated heterocycles. The van der Waals surface area contributed by atoms with Gasteiger partial charge in [0.1, 0.15) is 0 Å². The van der Waals surface area contributed by atoms with Crippen LogP contribution in [0.15, 0.2) is 29.0 Å². The summed E-state index contributed by atoms with van der Waals surface area (Å²) in [7, 11) is 0. The van der Waals surface area contributed by atoms with Crippen LogP contribution in [0.25, 0.3) is 0 Å². The maximum Gasteiger partial charge on any atom is 0.257 e. The van der Waals surface area contributed by atoms with Gasteiger partial charge in [-0.1, -0.05) is 0 Å². The average molecular weight is 445 g/mol. The Bertz CT molecular complexity index is 1130. The molecule has 0 radical (unpaired) electrons. The third-order valence-corrected chi connectivity index (χ3v) is 5.52. The molecule has 1 aliphatic rings. The lowest BCUT2D eigenvalue weighted by atomic mass is 10.2. The van der Waals surface area contributed by atoms with Crippen molar-refractivity contribution in [2.75, 3.05) is 17.4 Å². The molecule has 4 N–H and O–H groups in total. The van der Waals surface area contributed by atoms with Crippen molar-refractivity contribution in [1.82, 2.24) is 9.97 Å². The number of rotatable bonds is 7. The molecule has 0 bridgehead atoms. The van der Waals surface area contributed by atoms with Crippen molar-refractivity contribution in [1.29, 1.82) is 0 Å². The minimum atomic E-state index is -0.490. The minimum Gasteiger partial charge on any atom is -0.454 e. The molecule has 1 aromatic carbocycles. The SMILES string of the molecule is NC(=O)Cc1csc(NC(=O)Cc2csc(NC(=O)c3ccc4c(c3)OCO4)n2)n1. The highest BCUT2D eigenvalue weighted by atomic mass is 32.1. The lowest BCUT2D eigenvalue weighted by Crippen LogP contribution is -2.16. The summed E-state index contributed by atoms with van der Waals surface area (Å²) >= 11 is 2.42. The van der Waals surface area contributed by atoms with E-state index >= 15 is 0 Å². The van der Waals surface area contributed by atoms with E-state index < -0.39 is 5.91 Å². The summed E-state index contributed by atoms with van der Waals surface area (Å²) < 4.78 is 10.5. The number of nitrogens with one attached hydrogen (secondary N) is 2. The van der Waals surface area contributed by atoms with Crippen LogP contribution in [-0.4, -0.2) is 34.5 Å². The number of amides is 3. The van der Waals surface area contributed by atoms with Crippen LogP contribution in [0.5, 0.6) is 11.5 Å². The van der Waals surface area contributed by atoms with E-state index in [-0.39, 0.29) is 31.4 Å². The number of hydrogen-bond donors (Lipinski definition) is 3. The van der Waals surface area contributed by atoms with E-state index in [1.54, 1.807) is 29.0 Å². The van der Waals surface area contributed by atoms with Crippen molar-refractivity contribution in [3.8, 4) is 11.5 Å². The first kappa shape index (κ1) is 19.8. The number of ether oxygens (including phenoxy) is 2. The van der Waals surface area contributed by atoms with E-state index in [2.05, 4.69) is 20.6 Å². The minimum absolute atomic E-state index is 0.0150. The van der Waals surface area contributed by atoms with Gasteiger partial charge in [0.2, 0.25) is 18.6 Å². The largest absolute Gasteiger partial charge is 0.454 e. The first-order chi connectivity index (χ1) is 14.5. The molecule has 12 heteroatoms. The van der Waals surface area contributed by atoms with Crippen LogP contribution in [0.4, 0.5) is 10.3 Å². The molecular formula is C18H15N5O5S2. The molecule has 154 valence electrons. The molecule has 0 fully saturated rings. The summed E-state index contributed by atoms with van der Waals surface area (Å²) in [4.78, 5) is 43.9. The number of nitrogens with zero attached hydrogens (tertiary/aromatic N) is 2. The van der Waals surface area contributed by atoms with Gasteiger partial charge < -0.3 is 20.5 Å². The highest BCUT2D eigenvalue weighted by molar-refractivity contribution is 7.14. The summed E-state index contributed by atoms with van der Waals surface area (Å²) in [5.74, 6) is -0.0373. The Morgan fingerprint density at radius 2 is 1.63 bits per heavy atom. The summed E-state index contributed by atoms with van der Waals surface area (Å²) in [5, 5.41) is 9.45. The van der Waals surface area contributed by atoms with Gasteiger partial charge >= 0.3 is 0 Å². The molecule has 3 amide bonds. The molecule has 3 aromatic rings. The second-order valence-corrected chi connectivity index (χ2v) is 7.89. The molecule has 1 aliphatic heterocycles. The highest BCUT2D eigenvalue weighted by Crippen LogP contribution is 2.32. The van der Waals surface area contributed by atoms with Crippen LogP contribution in [0, 0.1) is 0 Å². The average Bonchev–Trinajstić information content (AvgIpc) is 3.42. The van der Waals surface area contributed by atoms with Crippen molar-refractivity contribution in [3.63, 3.8) is 0 Å². The van der Waals surface area contributed by atoms with Crippen LogP contribution in [0.1, 0.15) is 21.7 Å². The van der Waals surface area contributed by atoms with Crippen LogP contribution in [0.3, 0.4) is 0 Å². The maximum atomic E-state index is 12.4. The monoisotopic (exact) mass is 445 g/mol. The third kappa shape index (κ3) is 4.72. The van der Waals surface area contributed by atoms with Crippen molar-refractivity contribution < 1.29 is 23.9 Å². The smallest absolute Gasteiger partial charge is 0.257 e. The van der Waals surface area contributed by atoms with Gasteiger partial charge in [0, 0.05) is 16.3 Å². The predicted molar refractivity (Wildman–Crippen MR) is 110 cm³/mol. The van der Waals surface area contributed by atoms with Gasteiger partial charge in [0.05, 0.1) is 24.2 Å². The molecule has 3 heterocycles. The van der Waals surface area contributed by atoms with Gasteiger partial charge in [-0.2, -0.15) is 0 Å². The lowest BCUT2D eigenvalue weighted by molar-refractivity contribution is -0.117. The number of carbonyl (C=O) groups excluding carboxylic acids is 3. The van der Waals surface area contributed by atoms with E-state index in [0.717, 1.165) is 0 Å². The quantitative estimate of drug-likeness (QED) is 0.502. The molecule has 4 rings (SSSR count). The van der Waals surface area contributed by atoms with Gasteiger partial charge in [-0.05, 0) is 18.2 Å². The summed E-state index contributed by atoms with van der Waals surface area (Å²) in [6.45, 7) is 0.131. The fraction of sp³-hybridized carbons (Fsp3) is 0.167. The van der Waals surface area contributed by atoms with Gasteiger partial charge in [0.15, 0.2) is 21.8 Å². The Kier molecular flexibility index (Phi) is 5.59. The van der Waals surface area contributed by atoms with E-state index in [1.165, 1.54) is 22.7 Å². The number of benzene rings is 1. The fourth-order valence-electron chi connectivity index (χ4n) is 2.60.